The van der Waals surface area contributed by atoms with Gasteiger partial charge in [0.25, 0.3) is 0 Å². The van der Waals surface area contributed by atoms with Crippen LogP contribution in [-0.4, -0.2) is 47.9 Å². The summed E-state index contributed by atoms with van der Waals surface area (Å²) in [6.07, 6.45) is 6.80. The quantitative estimate of drug-likeness (QED) is 0.789. The number of carbonyl (C=O) groups excluding carboxylic acids is 1. The summed E-state index contributed by atoms with van der Waals surface area (Å²) in [4.78, 5) is 17.4. The zero-order valence-corrected chi connectivity index (χ0v) is 18.0. The van der Waals surface area contributed by atoms with Gasteiger partial charge in [-0.3, -0.25) is 4.79 Å². The Hall–Kier alpha value is -0.810. The van der Waals surface area contributed by atoms with Crippen molar-refractivity contribution in [2.24, 2.45) is 11.7 Å². The highest BCUT2D eigenvalue weighted by Gasteiger charge is 2.28. The van der Waals surface area contributed by atoms with Crippen LogP contribution >= 0.6 is 24.8 Å². The largest absolute Gasteiger partial charge is 0.342 e. The van der Waals surface area contributed by atoms with Gasteiger partial charge >= 0.3 is 0 Å². The van der Waals surface area contributed by atoms with Crippen LogP contribution in [-0.2, 0) is 4.79 Å². The minimum absolute atomic E-state index is 0. The second-order valence-electron chi connectivity index (χ2n) is 7.91. The second kappa shape index (κ2) is 11.9. The molecule has 2 fully saturated rings. The number of likely N-dealkylation sites (tertiary alicyclic amines) is 2. The molecule has 2 aliphatic heterocycles. The molecular formula is C21H35Cl2N3O. The van der Waals surface area contributed by atoms with Crippen molar-refractivity contribution in [3.63, 3.8) is 0 Å². The first-order valence-corrected chi connectivity index (χ1v) is 9.96. The molecular weight excluding hydrogens is 381 g/mol. The molecule has 154 valence electrons. The van der Waals surface area contributed by atoms with E-state index in [1.54, 1.807) is 0 Å². The number of hydrogen-bond donors (Lipinski definition) is 1. The van der Waals surface area contributed by atoms with Gasteiger partial charge < -0.3 is 15.5 Å². The molecule has 2 aliphatic rings. The number of nitrogens with zero attached hydrogens (tertiary/aromatic N) is 2. The normalized spacial score (nSPS) is 24.4. The second-order valence-corrected chi connectivity index (χ2v) is 7.91. The molecule has 4 nitrogen and oxygen atoms in total. The first kappa shape index (κ1) is 24.2. The Bertz CT molecular complexity index is 558. The Morgan fingerprint density at radius 2 is 1.85 bits per heavy atom. The summed E-state index contributed by atoms with van der Waals surface area (Å²) in [5, 5.41) is 0. The van der Waals surface area contributed by atoms with E-state index in [9.17, 15) is 4.79 Å². The van der Waals surface area contributed by atoms with Gasteiger partial charge in [-0.05, 0) is 50.6 Å². The highest BCUT2D eigenvalue weighted by molar-refractivity contribution is 5.85. The van der Waals surface area contributed by atoms with Crippen LogP contribution in [0.5, 0.6) is 0 Å². The van der Waals surface area contributed by atoms with Gasteiger partial charge in [0.05, 0.1) is 0 Å². The lowest BCUT2D eigenvalue weighted by Gasteiger charge is -2.39. The fourth-order valence-corrected chi connectivity index (χ4v) is 4.34. The lowest BCUT2D eigenvalue weighted by atomic mass is 9.94. The van der Waals surface area contributed by atoms with Gasteiger partial charge in [0, 0.05) is 38.1 Å². The molecule has 27 heavy (non-hydrogen) atoms. The van der Waals surface area contributed by atoms with Gasteiger partial charge in [-0.25, -0.2) is 0 Å². The van der Waals surface area contributed by atoms with Gasteiger partial charge in [-0.2, -0.15) is 0 Å². The smallest absolute Gasteiger partial charge is 0.224 e. The summed E-state index contributed by atoms with van der Waals surface area (Å²) in [6.45, 7) is 6.53. The predicted molar refractivity (Wildman–Crippen MR) is 117 cm³/mol. The Labute approximate surface area is 176 Å². The molecule has 0 bridgehead atoms. The van der Waals surface area contributed by atoms with Gasteiger partial charge in [0.15, 0.2) is 0 Å². The van der Waals surface area contributed by atoms with Gasteiger partial charge in [0.1, 0.15) is 0 Å². The third kappa shape index (κ3) is 6.94. The molecule has 3 unspecified atom stereocenters. The van der Waals surface area contributed by atoms with Crippen molar-refractivity contribution in [3.05, 3.63) is 35.9 Å². The van der Waals surface area contributed by atoms with Crippen molar-refractivity contribution in [1.82, 2.24) is 9.80 Å². The maximum Gasteiger partial charge on any atom is 0.224 e. The number of hydrogen-bond acceptors (Lipinski definition) is 3. The molecule has 0 aromatic heterocycles. The first-order chi connectivity index (χ1) is 12.1. The fraction of sp³-hybridized carbons (Fsp3) is 0.667. The molecule has 3 atom stereocenters. The molecule has 2 N–H and O–H groups in total. The number of piperidine rings is 2. The van der Waals surface area contributed by atoms with E-state index in [0.717, 1.165) is 31.6 Å². The van der Waals surface area contributed by atoms with Crippen molar-refractivity contribution in [2.45, 2.75) is 57.5 Å². The van der Waals surface area contributed by atoms with Crippen LogP contribution in [0.25, 0.3) is 0 Å². The molecule has 6 heteroatoms. The average Bonchev–Trinajstić information content (AvgIpc) is 2.64. The van der Waals surface area contributed by atoms with E-state index >= 15 is 0 Å². The summed E-state index contributed by atoms with van der Waals surface area (Å²) >= 11 is 0. The van der Waals surface area contributed by atoms with Crippen LogP contribution < -0.4 is 5.73 Å². The zero-order chi connectivity index (χ0) is 17.6. The lowest BCUT2D eigenvalue weighted by molar-refractivity contribution is -0.133. The first-order valence-electron chi connectivity index (χ1n) is 9.96. The maximum absolute atomic E-state index is 12.7. The van der Waals surface area contributed by atoms with Crippen molar-refractivity contribution >= 4 is 30.7 Å². The van der Waals surface area contributed by atoms with Gasteiger partial charge in [-0.1, -0.05) is 36.8 Å². The number of halogens is 2. The van der Waals surface area contributed by atoms with Crippen molar-refractivity contribution in [2.75, 3.05) is 26.2 Å². The van der Waals surface area contributed by atoms with Crippen LogP contribution in [0, 0.1) is 5.92 Å². The van der Waals surface area contributed by atoms with E-state index in [1.807, 2.05) is 30.3 Å². The van der Waals surface area contributed by atoms with Gasteiger partial charge in [-0.15, -0.1) is 24.8 Å². The lowest BCUT2D eigenvalue weighted by Crippen LogP contribution is -2.47. The highest BCUT2D eigenvalue weighted by Crippen LogP contribution is 2.24. The summed E-state index contributed by atoms with van der Waals surface area (Å²) < 4.78 is 0. The standard InChI is InChI=1S/C21H33N3O.2ClH/c1-17-8-5-6-12-23(17)15-18-9-7-13-24(16-18)21(25)14-20(22)19-10-3-2-4-11-19;;/h2-4,10-11,17-18,20H,5-9,12-16,22H2,1H3;2*1H. The summed E-state index contributed by atoms with van der Waals surface area (Å²) in [7, 11) is 0. The van der Waals surface area contributed by atoms with Crippen molar-refractivity contribution in [3.8, 4) is 0 Å². The Balaban J connectivity index is 0.00000182. The van der Waals surface area contributed by atoms with E-state index < -0.39 is 0 Å². The number of nitrogens with two attached hydrogens (primary N) is 1. The van der Waals surface area contributed by atoms with Crippen LogP contribution in [0.1, 0.15) is 57.1 Å². The molecule has 0 spiro atoms. The van der Waals surface area contributed by atoms with Crippen LogP contribution in [0.2, 0.25) is 0 Å². The molecule has 1 aromatic carbocycles. The monoisotopic (exact) mass is 415 g/mol. The number of rotatable bonds is 5. The van der Waals surface area contributed by atoms with Crippen molar-refractivity contribution in [1.29, 1.82) is 0 Å². The molecule has 2 saturated heterocycles. The Morgan fingerprint density at radius 3 is 2.56 bits per heavy atom. The topological polar surface area (TPSA) is 49.6 Å². The van der Waals surface area contributed by atoms with E-state index in [1.165, 1.54) is 32.2 Å². The molecule has 0 saturated carbocycles. The van der Waals surface area contributed by atoms with E-state index in [-0.39, 0.29) is 36.8 Å². The minimum Gasteiger partial charge on any atom is -0.342 e. The molecule has 0 radical (unpaired) electrons. The third-order valence-corrected chi connectivity index (χ3v) is 5.93. The van der Waals surface area contributed by atoms with E-state index in [2.05, 4.69) is 16.7 Å². The van der Waals surface area contributed by atoms with Gasteiger partial charge in [0.2, 0.25) is 5.91 Å². The Kier molecular flexibility index (Phi) is 10.7. The molecule has 1 aromatic rings. The summed E-state index contributed by atoms with van der Waals surface area (Å²) in [6, 6.07) is 10.5. The van der Waals surface area contributed by atoms with E-state index in [0.29, 0.717) is 18.4 Å². The average molecular weight is 416 g/mol. The molecule has 0 aliphatic carbocycles. The SMILES string of the molecule is CC1CCCCN1CC1CCCN(C(=O)CC(N)c2ccccc2)C1.Cl.Cl. The Morgan fingerprint density at radius 1 is 1.11 bits per heavy atom. The number of amides is 1. The number of carbonyl (C=O) groups is 1. The van der Waals surface area contributed by atoms with Crippen LogP contribution in [0.4, 0.5) is 0 Å². The molecule has 1 amide bonds. The predicted octanol–water partition coefficient (Wildman–Crippen LogP) is 4.03. The molecule has 2 heterocycles. The van der Waals surface area contributed by atoms with Crippen LogP contribution in [0.3, 0.4) is 0 Å². The minimum atomic E-state index is -0.198. The van der Waals surface area contributed by atoms with Crippen molar-refractivity contribution < 1.29 is 4.79 Å². The number of benzene rings is 1. The zero-order valence-electron chi connectivity index (χ0n) is 16.4. The molecule has 3 rings (SSSR count). The van der Waals surface area contributed by atoms with E-state index in [4.69, 9.17) is 5.73 Å². The third-order valence-electron chi connectivity index (χ3n) is 5.93. The highest BCUT2D eigenvalue weighted by atomic mass is 35.5. The summed E-state index contributed by atoms with van der Waals surface area (Å²) in [5.74, 6) is 0.832. The van der Waals surface area contributed by atoms with Crippen LogP contribution in [0.15, 0.2) is 30.3 Å². The maximum atomic E-state index is 12.7. The summed E-state index contributed by atoms with van der Waals surface area (Å²) in [5.41, 5.74) is 7.30. The fourth-order valence-electron chi connectivity index (χ4n) is 4.34.